The first-order valence-corrected chi connectivity index (χ1v) is 8.98. The van der Waals surface area contributed by atoms with E-state index in [9.17, 15) is 13.2 Å². The number of piperidine rings is 1. The van der Waals surface area contributed by atoms with Gasteiger partial charge < -0.3 is 4.74 Å². The Bertz CT molecular complexity index is 691. The van der Waals surface area contributed by atoms with Crippen LogP contribution in [0.15, 0.2) is 48.8 Å². The minimum Gasteiger partial charge on any atom is -0.494 e. The highest BCUT2D eigenvalue weighted by Crippen LogP contribution is 2.32. The lowest BCUT2D eigenvalue weighted by molar-refractivity contribution is -0.137. The van der Waals surface area contributed by atoms with Gasteiger partial charge in [-0.3, -0.25) is 9.88 Å². The molecule has 1 aliphatic heterocycles. The molecule has 0 unspecified atom stereocenters. The molecule has 1 atom stereocenters. The van der Waals surface area contributed by atoms with Gasteiger partial charge in [0.15, 0.2) is 0 Å². The van der Waals surface area contributed by atoms with E-state index in [1.54, 1.807) is 12.3 Å². The second-order valence-electron chi connectivity index (χ2n) is 6.56. The zero-order valence-electron chi connectivity index (χ0n) is 14.6. The molecule has 0 radical (unpaired) electrons. The van der Waals surface area contributed by atoms with Crippen LogP contribution in [0.1, 0.15) is 42.9 Å². The van der Waals surface area contributed by atoms with E-state index in [1.165, 1.54) is 24.5 Å². The van der Waals surface area contributed by atoms with Crippen molar-refractivity contribution in [1.82, 2.24) is 9.88 Å². The van der Waals surface area contributed by atoms with E-state index >= 15 is 0 Å². The predicted molar refractivity (Wildman–Crippen MR) is 94.0 cm³/mol. The number of pyridine rings is 1. The molecule has 1 fully saturated rings. The van der Waals surface area contributed by atoms with Crippen LogP contribution in [0.25, 0.3) is 0 Å². The molecule has 3 rings (SSSR count). The summed E-state index contributed by atoms with van der Waals surface area (Å²) in [7, 11) is 0. The van der Waals surface area contributed by atoms with Crippen molar-refractivity contribution in [3.63, 3.8) is 0 Å². The zero-order chi connectivity index (χ0) is 18.4. The maximum absolute atomic E-state index is 12.7. The van der Waals surface area contributed by atoms with Crippen molar-refractivity contribution in [2.75, 3.05) is 19.7 Å². The Kier molecular flexibility index (Phi) is 6.14. The standard InChI is InChI=1S/C20H23F3N2O/c21-20(22,23)17-7-3-8-18(14-17)26-13-5-12-25-11-2-1-9-19(25)16-6-4-10-24-15-16/h3-4,6-8,10,14-15,19H,1-2,5,9,11-13H2/t19-/m1/s1. The number of rotatable bonds is 6. The monoisotopic (exact) mass is 364 g/mol. The van der Waals surface area contributed by atoms with Crippen molar-refractivity contribution < 1.29 is 17.9 Å². The maximum Gasteiger partial charge on any atom is 0.416 e. The molecule has 1 saturated heterocycles. The number of hydrogen-bond donors (Lipinski definition) is 0. The Morgan fingerprint density at radius 3 is 2.81 bits per heavy atom. The van der Waals surface area contributed by atoms with Crippen LogP contribution in [-0.2, 0) is 6.18 Å². The number of benzene rings is 1. The Hall–Kier alpha value is -2.08. The maximum atomic E-state index is 12.7. The van der Waals surface area contributed by atoms with Crippen LogP contribution in [0.2, 0.25) is 0 Å². The van der Waals surface area contributed by atoms with Crippen LogP contribution in [0.4, 0.5) is 13.2 Å². The fourth-order valence-corrected chi connectivity index (χ4v) is 3.43. The third-order valence-electron chi connectivity index (χ3n) is 4.70. The van der Waals surface area contributed by atoms with E-state index in [2.05, 4.69) is 16.0 Å². The van der Waals surface area contributed by atoms with Gasteiger partial charge in [0.2, 0.25) is 0 Å². The van der Waals surface area contributed by atoms with E-state index in [4.69, 9.17) is 4.74 Å². The van der Waals surface area contributed by atoms with Crippen LogP contribution in [-0.4, -0.2) is 29.6 Å². The molecule has 26 heavy (non-hydrogen) atoms. The van der Waals surface area contributed by atoms with Crippen molar-refractivity contribution in [1.29, 1.82) is 0 Å². The average Bonchev–Trinajstić information content (AvgIpc) is 2.66. The van der Waals surface area contributed by atoms with Gasteiger partial charge in [0, 0.05) is 25.0 Å². The number of alkyl halides is 3. The summed E-state index contributed by atoms with van der Waals surface area (Å²) in [5, 5.41) is 0. The molecule has 1 aromatic carbocycles. The summed E-state index contributed by atoms with van der Waals surface area (Å²) in [5.74, 6) is 0.266. The van der Waals surface area contributed by atoms with E-state index in [0.717, 1.165) is 38.1 Å². The molecule has 2 aromatic rings. The Morgan fingerprint density at radius 1 is 1.15 bits per heavy atom. The molecule has 1 aromatic heterocycles. The van der Waals surface area contributed by atoms with Crippen molar-refractivity contribution in [2.45, 2.75) is 37.9 Å². The molecule has 3 nitrogen and oxygen atoms in total. The highest BCUT2D eigenvalue weighted by molar-refractivity contribution is 5.30. The van der Waals surface area contributed by atoms with Crippen molar-refractivity contribution in [2.24, 2.45) is 0 Å². The normalized spacial score (nSPS) is 18.7. The summed E-state index contributed by atoms with van der Waals surface area (Å²) in [6.07, 6.45) is 3.61. The van der Waals surface area contributed by atoms with Crippen LogP contribution in [0, 0.1) is 0 Å². The minimum absolute atomic E-state index is 0.266. The van der Waals surface area contributed by atoms with E-state index in [0.29, 0.717) is 12.6 Å². The van der Waals surface area contributed by atoms with Gasteiger partial charge in [-0.05, 0) is 55.6 Å². The molecular weight excluding hydrogens is 341 g/mol. The topological polar surface area (TPSA) is 25.4 Å². The average molecular weight is 364 g/mol. The lowest BCUT2D eigenvalue weighted by atomic mass is 9.96. The fourth-order valence-electron chi connectivity index (χ4n) is 3.43. The Labute approximate surface area is 151 Å². The first kappa shape index (κ1) is 18.7. The van der Waals surface area contributed by atoms with E-state index in [-0.39, 0.29) is 5.75 Å². The first-order chi connectivity index (χ1) is 12.5. The SMILES string of the molecule is FC(F)(F)c1cccc(OCCCN2CCCC[C@@H]2c2cccnc2)c1. The summed E-state index contributed by atoms with van der Waals surface area (Å²) in [6, 6.07) is 9.48. The van der Waals surface area contributed by atoms with Gasteiger partial charge >= 0.3 is 6.18 Å². The summed E-state index contributed by atoms with van der Waals surface area (Å²) in [4.78, 5) is 6.64. The highest BCUT2D eigenvalue weighted by atomic mass is 19.4. The van der Waals surface area contributed by atoms with Crippen LogP contribution < -0.4 is 4.74 Å². The number of hydrogen-bond acceptors (Lipinski definition) is 3. The number of halogens is 3. The Balaban J connectivity index is 1.51. The predicted octanol–water partition coefficient (Wildman–Crippen LogP) is 5.10. The molecule has 0 bridgehead atoms. The number of ether oxygens (including phenoxy) is 1. The molecule has 0 spiro atoms. The second-order valence-corrected chi connectivity index (χ2v) is 6.56. The first-order valence-electron chi connectivity index (χ1n) is 8.98. The summed E-state index contributed by atoms with van der Waals surface area (Å²) in [6.45, 7) is 2.29. The van der Waals surface area contributed by atoms with Gasteiger partial charge in [-0.25, -0.2) is 0 Å². The number of aromatic nitrogens is 1. The van der Waals surface area contributed by atoms with Gasteiger partial charge in [0.1, 0.15) is 5.75 Å². The largest absolute Gasteiger partial charge is 0.494 e. The van der Waals surface area contributed by atoms with Crippen molar-refractivity contribution >= 4 is 0 Å². The fraction of sp³-hybridized carbons (Fsp3) is 0.450. The molecule has 6 heteroatoms. The van der Waals surface area contributed by atoms with Crippen molar-refractivity contribution in [3.05, 3.63) is 59.9 Å². The van der Waals surface area contributed by atoms with Crippen LogP contribution in [0.3, 0.4) is 0 Å². The molecule has 0 saturated carbocycles. The highest BCUT2D eigenvalue weighted by Gasteiger charge is 2.30. The molecular formula is C20H23F3N2O. The Morgan fingerprint density at radius 2 is 2.04 bits per heavy atom. The lowest BCUT2D eigenvalue weighted by Crippen LogP contribution is -2.34. The van der Waals surface area contributed by atoms with Crippen LogP contribution >= 0.6 is 0 Å². The molecule has 0 N–H and O–H groups in total. The third kappa shape index (κ3) is 4.97. The summed E-state index contributed by atoms with van der Waals surface area (Å²) < 4.78 is 43.7. The minimum atomic E-state index is -4.34. The smallest absolute Gasteiger partial charge is 0.416 e. The quantitative estimate of drug-likeness (QED) is 0.667. The number of likely N-dealkylation sites (tertiary alicyclic amines) is 1. The van der Waals surface area contributed by atoms with Gasteiger partial charge in [0.05, 0.1) is 12.2 Å². The third-order valence-corrected chi connectivity index (χ3v) is 4.70. The zero-order valence-corrected chi connectivity index (χ0v) is 14.6. The van der Waals surface area contributed by atoms with E-state index in [1.807, 2.05) is 12.3 Å². The van der Waals surface area contributed by atoms with Crippen molar-refractivity contribution in [3.8, 4) is 5.75 Å². The molecule has 2 heterocycles. The lowest BCUT2D eigenvalue weighted by Gasteiger charge is -2.35. The van der Waals surface area contributed by atoms with E-state index < -0.39 is 11.7 Å². The van der Waals surface area contributed by atoms with Gasteiger partial charge in [-0.1, -0.05) is 18.6 Å². The van der Waals surface area contributed by atoms with Gasteiger partial charge in [-0.15, -0.1) is 0 Å². The number of nitrogens with zero attached hydrogens (tertiary/aromatic N) is 2. The summed E-state index contributed by atoms with van der Waals surface area (Å²) in [5.41, 5.74) is 0.550. The molecule has 0 aliphatic carbocycles. The summed E-state index contributed by atoms with van der Waals surface area (Å²) >= 11 is 0. The molecule has 1 aliphatic rings. The molecule has 140 valence electrons. The van der Waals surface area contributed by atoms with Gasteiger partial charge in [-0.2, -0.15) is 13.2 Å². The van der Waals surface area contributed by atoms with Crippen LogP contribution in [0.5, 0.6) is 5.75 Å². The van der Waals surface area contributed by atoms with Gasteiger partial charge in [0.25, 0.3) is 0 Å². The molecule has 0 amide bonds. The second kappa shape index (κ2) is 8.54.